The number of carbonyl (C=O) groups is 1. The molecule has 1 N–H and O–H groups in total. The van der Waals surface area contributed by atoms with E-state index in [1.54, 1.807) is 12.1 Å². The van der Waals surface area contributed by atoms with Crippen molar-refractivity contribution in [2.75, 3.05) is 6.54 Å². The molecule has 1 aromatic heterocycles. The van der Waals surface area contributed by atoms with Gasteiger partial charge in [0.1, 0.15) is 18.0 Å². The van der Waals surface area contributed by atoms with Crippen LogP contribution >= 0.6 is 0 Å². The van der Waals surface area contributed by atoms with Crippen LogP contribution in [-0.2, 0) is 21.4 Å². The maximum atomic E-state index is 14.2. The number of benzene rings is 2. The molecule has 1 fully saturated rings. The van der Waals surface area contributed by atoms with Gasteiger partial charge in [0.15, 0.2) is 0 Å². The smallest absolute Gasteiger partial charge is 0.388 e. The number of amides is 1. The number of aromatic nitrogens is 1. The molecule has 0 aliphatic carbocycles. The number of halogens is 4. The highest BCUT2D eigenvalue weighted by Gasteiger charge is 2.44. The summed E-state index contributed by atoms with van der Waals surface area (Å²) in [6.45, 7) is -1.60. The van der Waals surface area contributed by atoms with E-state index in [0.717, 1.165) is 34.1 Å². The second kappa shape index (κ2) is 10.9. The van der Waals surface area contributed by atoms with Crippen LogP contribution in [0.5, 0.6) is 5.88 Å². The van der Waals surface area contributed by atoms with E-state index in [1.165, 1.54) is 12.3 Å². The third kappa shape index (κ3) is 6.25. The zero-order chi connectivity index (χ0) is 26.7. The molecule has 1 aliphatic heterocycles. The molecule has 0 radical (unpaired) electrons. The van der Waals surface area contributed by atoms with Gasteiger partial charge in [-0.1, -0.05) is 17.7 Å². The molecule has 37 heavy (non-hydrogen) atoms. The number of rotatable bonds is 8. The monoisotopic (exact) mass is 537 g/mol. The molecular formula is C25H23F4N3O4S. The van der Waals surface area contributed by atoms with Crippen molar-refractivity contribution in [1.29, 1.82) is 0 Å². The fraction of sp³-hybridized carbons (Fsp3) is 0.280. The Morgan fingerprint density at radius 3 is 2.51 bits per heavy atom. The van der Waals surface area contributed by atoms with Crippen molar-refractivity contribution in [3.05, 3.63) is 77.7 Å². The highest BCUT2D eigenvalue weighted by molar-refractivity contribution is 7.89. The molecule has 4 rings (SSSR count). The SMILES string of the molecule is Cc1cc(CNC(=O)[C@@H]2C[C@@H](F)CN2S(=O)(=O)c2ccc(F)cc2)cc(-c2ccc(OC(F)F)nc2)c1. The van der Waals surface area contributed by atoms with Crippen LogP contribution < -0.4 is 10.1 Å². The first-order valence-electron chi connectivity index (χ1n) is 11.2. The predicted molar refractivity (Wildman–Crippen MR) is 126 cm³/mol. The number of hydrogen-bond donors (Lipinski definition) is 1. The van der Waals surface area contributed by atoms with E-state index in [4.69, 9.17) is 0 Å². The van der Waals surface area contributed by atoms with Gasteiger partial charge in [0, 0.05) is 37.3 Å². The van der Waals surface area contributed by atoms with E-state index in [9.17, 15) is 30.8 Å². The quantitative estimate of drug-likeness (QED) is 0.435. The fourth-order valence-corrected chi connectivity index (χ4v) is 5.78. The maximum Gasteiger partial charge on any atom is 0.388 e. The fourth-order valence-electron chi connectivity index (χ4n) is 4.15. The molecule has 3 aromatic rings. The predicted octanol–water partition coefficient (Wildman–Crippen LogP) is 4.22. The Kier molecular flexibility index (Phi) is 7.79. The van der Waals surface area contributed by atoms with E-state index in [-0.39, 0.29) is 23.7 Å². The summed E-state index contributed by atoms with van der Waals surface area (Å²) < 4.78 is 83.3. The van der Waals surface area contributed by atoms with Crippen LogP contribution in [0.15, 0.2) is 65.7 Å². The van der Waals surface area contributed by atoms with Gasteiger partial charge in [-0.25, -0.2) is 22.2 Å². The average molecular weight is 538 g/mol. The first-order chi connectivity index (χ1) is 17.5. The first-order valence-corrected chi connectivity index (χ1v) is 12.7. The van der Waals surface area contributed by atoms with Crippen LogP contribution in [0.25, 0.3) is 11.1 Å². The molecule has 2 aromatic carbocycles. The van der Waals surface area contributed by atoms with E-state index in [0.29, 0.717) is 16.7 Å². The molecular weight excluding hydrogens is 514 g/mol. The first kappa shape index (κ1) is 26.6. The van der Waals surface area contributed by atoms with Gasteiger partial charge in [-0.05, 0) is 54.4 Å². The van der Waals surface area contributed by atoms with Gasteiger partial charge in [0.05, 0.1) is 4.90 Å². The number of alkyl halides is 3. The number of carbonyl (C=O) groups excluding carboxylic acids is 1. The van der Waals surface area contributed by atoms with Gasteiger partial charge < -0.3 is 10.1 Å². The minimum absolute atomic E-state index is 0.0331. The Hall–Kier alpha value is -3.51. The molecule has 0 unspecified atom stereocenters. The molecule has 0 saturated carbocycles. The standard InChI is InChI=1S/C25H23F4N3O4S/c1-15-8-16(10-18(9-15)17-2-7-23(30-13-17)36-25(28)29)12-31-24(33)22-11-20(27)14-32(22)37(34,35)21-5-3-19(26)4-6-21/h2-10,13,20,22,25H,11-12,14H2,1H3,(H,31,33)/t20-,22+/m1/s1. The molecule has 1 saturated heterocycles. The van der Waals surface area contributed by atoms with E-state index >= 15 is 0 Å². The maximum absolute atomic E-state index is 14.2. The van der Waals surface area contributed by atoms with Crippen LogP contribution in [0.1, 0.15) is 17.5 Å². The largest absolute Gasteiger partial charge is 0.417 e. The Balaban J connectivity index is 1.48. The van der Waals surface area contributed by atoms with Gasteiger partial charge in [-0.3, -0.25) is 4.79 Å². The van der Waals surface area contributed by atoms with E-state index < -0.39 is 47.1 Å². The van der Waals surface area contributed by atoms with Crippen molar-refractivity contribution in [3.63, 3.8) is 0 Å². The summed E-state index contributed by atoms with van der Waals surface area (Å²) >= 11 is 0. The molecule has 7 nitrogen and oxygen atoms in total. The van der Waals surface area contributed by atoms with Crippen LogP contribution in [-0.4, -0.2) is 49.0 Å². The van der Waals surface area contributed by atoms with Gasteiger partial charge in [0.25, 0.3) is 0 Å². The lowest BCUT2D eigenvalue weighted by Crippen LogP contribution is -2.45. The molecule has 0 spiro atoms. The third-order valence-electron chi connectivity index (χ3n) is 5.81. The lowest BCUT2D eigenvalue weighted by atomic mass is 10.0. The highest BCUT2D eigenvalue weighted by Crippen LogP contribution is 2.29. The summed E-state index contributed by atoms with van der Waals surface area (Å²) in [5.41, 5.74) is 2.87. The molecule has 12 heteroatoms. The van der Waals surface area contributed by atoms with Gasteiger partial charge in [0.2, 0.25) is 21.8 Å². The summed E-state index contributed by atoms with van der Waals surface area (Å²) in [7, 11) is -4.22. The zero-order valence-electron chi connectivity index (χ0n) is 19.6. The minimum atomic E-state index is -4.22. The Labute approximate surface area is 211 Å². The summed E-state index contributed by atoms with van der Waals surface area (Å²) in [4.78, 5) is 16.6. The highest BCUT2D eigenvalue weighted by atomic mass is 32.2. The molecule has 196 valence electrons. The van der Waals surface area contributed by atoms with Crippen molar-refractivity contribution < 1.29 is 35.5 Å². The summed E-state index contributed by atoms with van der Waals surface area (Å²) in [6.07, 6.45) is -0.446. The Morgan fingerprint density at radius 2 is 1.86 bits per heavy atom. The Bertz CT molecular complexity index is 1370. The lowest BCUT2D eigenvalue weighted by molar-refractivity contribution is -0.124. The summed E-state index contributed by atoms with van der Waals surface area (Å²) in [6, 6.07) is 11.1. The number of nitrogens with zero attached hydrogens (tertiary/aromatic N) is 2. The number of nitrogens with one attached hydrogen (secondary N) is 1. The van der Waals surface area contributed by atoms with Gasteiger partial charge in [-0.15, -0.1) is 0 Å². The number of ether oxygens (including phenoxy) is 1. The van der Waals surface area contributed by atoms with Crippen molar-refractivity contribution in [3.8, 4) is 17.0 Å². The molecule has 2 heterocycles. The summed E-state index contributed by atoms with van der Waals surface area (Å²) in [5.74, 6) is -1.51. The van der Waals surface area contributed by atoms with Crippen molar-refractivity contribution >= 4 is 15.9 Å². The van der Waals surface area contributed by atoms with Crippen molar-refractivity contribution in [1.82, 2.24) is 14.6 Å². The topological polar surface area (TPSA) is 88.6 Å². The third-order valence-corrected chi connectivity index (χ3v) is 7.70. The molecule has 1 amide bonds. The second-order valence-corrected chi connectivity index (χ2v) is 10.5. The lowest BCUT2D eigenvalue weighted by Gasteiger charge is -2.23. The van der Waals surface area contributed by atoms with E-state index in [2.05, 4.69) is 15.0 Å². The molecule has 2 atom stereocenters. The molecule has 1 aliphatic rings. The van der Waals surface area contributed by atoms with Crippen LogP contribution in [0.3, 0.4) is 0 Å². The van der Waals surface area contributed by atoms with Gasteiger partial charge in [-0.2, -0.15) is 13.1 Å². The summed E-state index contributed by atoms with van der Waals surface area (Å²) in [5, 5.41) is 2.67. The van der Waals surface area contributed by atoms with E-state index in [1.807, 2.05) is 19.1 Å². The van der Waals surface area contributed by atoms with Crippen LogP contribution in [0, 0.1) is 12.7 Å². The number of aryl methyl sites for hydroxylation is 1. The normalized spacial score (nSPS) is 18.2. The second-order valence-electron chi connectivity index (χ2n) is 8.57. The van der Waals surface area contributed by atoms with Crippen LogP contribution in [0.2, 0.25) is 0 Å². The number of hydrogen-bond acceptors (Lipinski definition) is 5. The van der Waals surface area contributed by atoms with Gasteiger partial charge >= 0.3 is 6.61 Å². The minimum Gasteiger partial charge on any atom is -0.417 e. The number of sulfonamides is 1. The number of pyridine rings is 1. The van der Waals surface area contributed by atoms with Crippen LogP contribution in [0.4, 0.5) is 17.6 Å². The van der Waals surface area contributed by atoms with Crippen molar-refractivity contribution in [2.45, 2.75) is 43.6 Å². The molecule has 0 bridgehead atoms. The average Bonchev–Trinajstić information content (AvgIpc) is 3.25. The van der Waals surface area contributed by atoms with Crippen molar-refractivity contribution in [2.24, 2.45) is 0 Å². The Morgan fingerprint density at radius 1 is 1.14 bits per heavy atom. The zero-order valence-corrected chi connectivity index (χ0v) is 20.4.